The Morgan fingerprint density at radius 2 is 1.66 bits per heavy atom. The third-order valence-electron chi connectivity index (χ3n) is 4.75. The summed E-state index contributed by atoms with van der Waals surface area (Å²) in [5, 5.41) is 2.87. The maximum atomic E-state index is 13.1. The highest BCUT2D eigenvalue weighted by Crippen LogP contribution is 2.26. The summed E-state index contributed by atoms with van der Waals surface area (Å²) >= 11 is 3.40. The maximum Gasteiger partial charge on any atom is 0.259 e. The minimum atomic E-state index is -0.371. The highest BCUT2D eigenvalue weighted by atomic mass is 79.9. The maximum absolute atomic E-state index is 13.1. The molecule has 3 aromatic carbocycles. The molecule has 0 saturated carbocycles. The molecule has 0 aliphatic rings. The minimum absolute atomic E-state index is 0.185. The summed E-state index contributed by atoms with van der Waals surface area (Å²) in [5.41, 5.74) is 2.23. The minimum Gasteiger partial charge on any atom is -0.490 e. The summed E-state index contributed by atoms with van der Waals surface area (Å²) in [6, 6.07) is 21.9. The van der Waals surface area contributed by atoms with E-state index in [0.717, 1.165) is 10.0 Å². The third-order valence-corrected chi connectivity index (χ3v) is 5.24. The molecule has 7 heteroatoms. The van der Waals surface area contributed by atoms with Crippen molar-refractivity contribution in [2.24, 2.45) is 0 Å². The van der Waals surface area contributed by atoms with Crippen LogP contribution in [0.3, 0.4) is 0 Å². The standard InChI is InChI=1S/C25H25BrN2O4/c1-28(17-18-8-4-3-5-9-18)25(30)20-10-6-7-11-22(20)27-24(29)21-16-19(26)12-13-23(21)32-15-14-31-2/h3-13,16H,14-15,17H2,1-2H3,(H,27,29). The van der Waals surface area contributed by atoms with Crippen molar-refractivity contribution in [3.05, 3.63) is 94.0 Å². The summed E-state index contributed by atoms with van der Waals surface area (Å²) in [6.07, 6.45) is 0. The van der Waals surface area contributed by atoms with E-state index in [0.29, 0.717) is 42.3 Å². The van der Waals surface area contributed by atoms with Crippen LogP contribution in [0.15, 0.2) is 77.3 Å². The average molecular weight is 497 g/mol. The van der Waals surface area contributed by atoms with Crippen molar-refractivity contribution in [2.45, 2.75) is 6.54 Å². The van der Waals surface area contributed by atoms with Crippen LogP contribution in [0.1, 0.15) is 26.3 Å². The molecule has 0 saturated heterocycles. The Balaban J connectivity index is 1.80. The molecule has 6 nitrogen and oxygen atoms in total. The molecule has 0 aromatic heterocycles. The van der Waals surface area contributed by atoms with Crippen molar-refractivity contribution in [2.75, 3.05) is 32.7 Å². The second kappa shape index (κ2) is 11.5. The number of nitrogens with one attached hydrogen (secondary N) is 1. The molecule has 166 valence electrons. The van der Waals surface area contributed by atoms with Crippen LogP contribution in [0.5, 0.6) is 5.75 Å². The number of methoxy groups -OCH3 is 1. The number of anilines is 1. The van der Waals surface area contributed by atoms with Gasteiger partial charge in [-0.2, -0.15) is 0 Å². The predicted molar refractivity (Wildman–Crippen MR) is 128 cm³/mol. The monoisotopic (exact) mass is 496 g/mol. The molecule has 0 radical (unpaired) electrons. The molecule has 3 rings (SSSR count). The van der Waals surface area contributed by atoms with Crippen LogP contribution in [0.4, 0.5) is 5.69 Å². The van der Waals surface area contributed by atoms with Gasteiger partial charge in [0.05, 0.1) is 23.4 Å². The number of carbonyl (C=O) groups is 2. The Kier molecular flexibility index (Phi) is 8.41. The van der Waals surface area contributed by atoms with E-state index in [1.165, 1.54) is 0 Å². The van der Waals surface area contributed by atoms with E-state index in [2.05, 4.69) is 21.2 Å². The number of rotatable bonds is 9. The first kappa shape index (κ1) is 23.5. The first-order valence-electron chi connectivity index (χ1n) is 10.1. The molecule has 0 unspecified atom stereocenters. The van der Waals surface area contributed by atoms with Gasteiger partial charge in [0.15, 0.2) is 0 Å². The molecule has 0 heterocycles. The summed E-state index contributed by atoms with van der Waals surface area (Å²) in [7, 11) is 3.32. The number of para-hydroxylation sites is 1. The van der Waals surface area contributed by atoms with Crippen molar-refractivity contribution in [3.63, 3.8) is 0 Å². The molecule has 0 spiro atoms. The highest BCUT2D eigenvalue weighted by molar-refractivity contribution is 9.10. The van der Waals surface area contributed by atoms with Crippen molar-refractivity contribution >= 4 is 33.4 Å². The molecule has 2 amide bonds. The topological polar surface area (TPSA) is 67.9 Å². The zero-order valence-electron chi connectivity index (χ0n) is 18.0. The van der Waals surface area contributed by atoms with E-state index in [9.17, 15) is 9.59 Å². The lowest BCUT2D eigenvalue weighted by molar-refractivity contribution is 0.0786. The molecule has 0 fully saturated rings. The van der Waals surface area contributed by atoms with Gasteiger partial charge in [-0.25, -0.2) is 0 Å². The second-order valence-electron chi connectivity index (χ2n) is 7.13. The molecule has 0 atom stereocenters. The van der Waals surface area contributed by atoms with Crippen LogP contribution in [-0.2, 0) is 11.3 Å². The van der Waals surface area contributed by atoms with Crippen molar-refractivity contribution < 1.29 is 19.1 Å². The van der Waals surface area contributed by atoms with E-state index in [1.54, 1.807) is 61.5 Å². The summed E-state index contributed by atoms with van der Waals surface area (Å²) in [5.74, 6) is -0.118. The van der Waals surface area contributed by atoms with Gasteiger partial charge in [0.25, 0.3) is 11.8 Å². The van der Waals surface area contributed by atoms with Crippen molar-refractivity contribution in [3.8, 4) is 5.75 Å². The van der Waals surface area contributed by atoms with E-state index in [4.69, 9.17) is 9.47 Å². The Morgan fingerprint density at radius 1 is 0.938 bits per heavy atom. The quantitative estimate of drug-likeness (QED) is 0.423. The van der Waals surface area contributed by atoms with E-state index in [-0.39, 0.29) is 11.8 Å². The zero-order valence-corrected chi connectivity index (χ0v) is 19.6. The van der Waals surface area contributed by atoms with Gasteiger partial charge >= 0.3 is 0 Å². The Bertz CT molecular complexity index is 1070. The first-order valence-corrected chi connectivity index (χ1v) is 10.9. The van der Waals surface area contributed by atoms with Crippen LogP contribution in [0.2, 0.25) is 0 Å². The van der Waals surface area contributed by atoms with Gasteiger partial charge in [-0.15, -0.1) is 0 Å². The fourth-order valence-electron chi connectivity index (χ4n) is 3.14. The lowest BCUT2D eigenvalue weighted by atomic mass is 10.1. The lowest BCUT2D eigenvalue weighted by Crippen LogP contribution is -2.27. The van der Waals surface area contributed by atoms with Crippen LogP contribution in [0, 0.1) is 0 Å². The van der Waals surface area contributed by atoms with Crippen molar-refractivity contribution in [1.82, 2.24) is 4.90 Å². The largest absolute Gasteiger partial charge is 0.490 e. The highest BCUT2D eigenvalue weighted by Gasteiger charge is 2.19. The summed E-state index contributed by atoms with van der Waals surface area (Å²) in [6.45, 7) is 1.19. The van der Waals surface area contributed by atoms with E-state index < -0.39 is 0 Å². The Morgan fingerprint density at radius 3 is 2.41 bits per heavy atom. The molecule has 0 bridgehead atoms. The third kappa shape index (κ3) is 6.18. The fraction of sp³-hybridized carbons (Fsp3) is 0.200. The molecular weight excluding hydrogens is 472 g/mol. The Hall–Kier alpha value is -3.16. The number of ether oxygens (including phenoxy) is 2. The number of hydrogen-bond acceptors (Lipinski definition) is 4. The average Bonchev–Trinajstić information content (AvgIpc) is 2.80. The van der Waals surface area contributed by atoms with Gasteiger partial charge in [0.2, 0.25) is 0 Å². The van der Waals surface area contributed by atoms with E-state index >= 15 is 0 Å². The molecule has 0 aliphatic carbocycles. The first-order chi connectivity index (χ1) is 15.5. The fourth-order valence-corrected chi connectivity index (χ4v) is 3.50. The normalized spacial score (nSPS) is 10.5. The van der Waals surface area contributed by atoms with Gasteiger partial charge < -0.3 is 19.7 Å². The molecule has 3 aromatic rings. The smallest absolute Gasteiger partial charge is 0.259 e. The van der Waals surface area contributed by atoms with Crippen LogP contribution in [-0.4, -0.2) is 44.1 Å². The number of halogens is 1. The van der Waals surface area contributed by atoms with Gasteiger partial charge in [0, 0.05) is 25.2 Å². The van der Waals surface area contributed by atoms with Gasteiger partial charge in [0.1, 0.15) is 12.4 Å². The zero-order chi connectivity index (χ0) is 22.9. The van der Waals surface area contributed by atoms with Gasteiger partial charge in [-0.05, 0) is 35.9 Å². The summed E-state index contributed by atoms with van der Waals surface area (Å²) in [4.78, 5) is 27.8. The molecule has 32 heavy (non-hydrogen) atoms. The van der Waals surface area contributed by atoms with Gasteiger partial charge in [-0.3, -0.25) is 9.59 Å². The number of nitrogens with zero attached hydrogens (tertiary/aromatic N) is 1. The number of hydrogen-bond donors (Lipinski definition) is 1. The van der Waals surface area contributed by atoms with Crippen LogP contribution >= 0.6 is 15.9 Å². The predicted octanol–water partition coefficient (Wildman–Crippen LogP) is 5.00. The lowest BCUT2D eigenvalue weighted by Gasteiger charge is -2.20. The number of carbonyl (C=O) groups excluding carboxylic acids is 2. The van der Waals surface area contributed by atoms with Crippen LogP contribution in [0.25, 0.3) is 0 Å². The molecule has 1 N–H and O–H groups in total. The van der Waals surface area contributed by atoms with Crippen molar-refractivity contribution in [1.29, 1.82) is 0 Å². The number of amides is 2. The molecular formula is C25H25BrN2O4. The number of benzene rings is 3. The van der Waals surface area contributed by atoms with Gasteiger partial charge in [-0.1, -0.05) is 58.4 Å². The Labute approximate surface area is 196 Å². The summed E-state index contributed by atoms with van der Waals surface area (Å²) < 4.78 is 11.4. The van der Waals surface area contributed by atoms with Crippen LogP contribution < -0.4 is 10.1 Å². The SMILES string of the molecule is COCCOc1ccc(Br)cc1C(=O)Nc1ccccc1C(=O)N(C)Cc1ccccc1. The van der Waals surface area contributed by atoms with E-state index in [1.807, 2.05) is 30.3 Å². The second-order valence-corrected chi connectivity index (χ2v) is 8.04. The molecule has 0 aliphatic heterocycles.